The highest BCUT2D eigenvalue weighted by Gasteiger charge is 2.17. The Morgan fingerprint density at radius 1 is 1.05 bits per heavy atom. The maximum absolute atomic E-state index is 5.47. The molecule has 0 saturated heterocycles. The van der Waals surface area contributed by atoms with E-state index in [-0.39, 0.29) is 4.83 Å². The fourth-order valence-electron chi connectivity index (χ4n) is 2.39. The molecule has 98 valence electrons. The first-order valence-electron chi connectivity index (χ1n) is 6.25. The van der Waals surface area contributed by atoms with Crippen LogP contribution < -0.4 is 0 Å². The molecule has 0 fully saturated rings. The van der Waals surface area contributed by atoms with Crippen molar-refractivity contribution >= 4 is 31.9 Å². The van der Waals surface area contributed by atoms with Crippen molar-refractivity contribution in [2.24, 2.45) is 0 Å². The molecule has 2 aromatic rings. The zero-order chi connectivity index (χ0) is 13.4. The Labute approximate surface area is 130 Å². The van der Waals surface area contributed by atoms with Gasteiger partial charge in [-0.1, -0.05) is 67.8 Å². The second-order valence-electron chi connectivity index (χ2n) is 4.91. The first-order valence-corrected chi connectivity index (χ1v) is 7.95. The summed E-state index contributed by atoms with van der Waals surface area (Å²) < 4.78 is 6.61. The van der Waals surface area contributed by atoms with E-state index in [9.17, 15) is 0 Å². The molecule has 0 saturated carbocycles. The summed E-state index contributed by atoms with van der Waals surface area (Å²) in [5.74, 6) is 0. The number of fused-ring (bicyclic) bond motifs is 1. The van der Waals surface area contributed by atoms with Gasteiger partial charge in [0.2, 0.25) is 0 Å². The van der Waals surface area contributed by atoms with E-state index in [0.717, 1.165) is 17.7 Å². The van der Waals surface area contributed by atoms with Crippen molar-refractivity contribution < 1.29 is 4.74 Å². The molecule has 0 N–H and O–H groups in total. The molecule has 0 spiro atoms. The van der Waals surface area contributed by atoms with Gasteiger partial charge in [0.15, 0.2) is 0 Å². The van der Waals surface area contributed by atoms with Crippen LogP contribution in [-0.2, 0) is 18.0 Å². The molecule has 3 heteroatoms. The molecule has 0 aliphatic carbocycles. The SMILES string of the molecule is Cc1ccc(Br)c(C(Br)c2ccc3c(c2)COC3)c1. The van der Waals surface area contributed by atoms with Gasteiger partial charge < -0.3 is 4.74 Å². The van der Waals surface area contributed by atoms with Gasteiger partial charge in [0.1, 0.15) is 0 Å². The van der Waals surface area contributed by atoms with Crippen molar-refractivity contribution in [1.82, 2.24) is 0 Å². The van der Waals surface area contributed by atoms with Crippen LogP contribution in [0.15, 0.2) is 40.9 Å². The van der Waals surface area contributed by atoms with Crippen LogP contribution in [0.4, 0.5) is 0 Å². The third kappa shape index (κ3) is 2.64. The number of rotatable bonds is 2. The average Bonchev–Trinajstić information content (AvgIpc) is 2.88. The molecular weight excluding hydrogens is 368 g/mol. The molecule has 19 heavy (non-hydrogen) atoms. The topological polar surface area (TPSA) is 9.23 Å². The summed E-state index contributed by atoms with van der Waals surface area (Å²) in [5.41, 5.74) is 6.43. The van der Waals surface area contributed by atoms with Crippen LogP contribution in [0.25, 0.3) is 0 Å². The van der Waals surface area contributed by atoms with E-state index >= 15 is 0 Å². The van der Waals surface area contributed by atoms with Gasteiger partial charge in [0, 0.05) is 4.47 Å². The summed E-state index contributed by atoms with van der Waals surface area (Å²) in [6.07, 6.45) is 0. The minimum Gasteiger partial charge on any atom is -0.372 e. The van der Waals surface area contributed by atoms with Crippen molar-refractivity contribution in [1.29, 1.82) is 0 Å². The Kier molecular flexibility index (Phi) is 3.79. The first kappa shape index (κ1) is 13.3. The van der Waals surface area contributed by atoms with Gasteiger partial charge in [-0.3, -0.25) is 0 Å². The van der Waals surface area contributed by atoms with E-state index in [0.29, 0.717) is 0 Å². The normalized spacial score (nSPS) is 15.3. The van der Waals surface area contributed by atoms with Gasteiger partial charge in [0.25, 0.3) is 0 Å². The number of benzene rings is 2. The quantitative estimate of drug-likeness (QED) is 0.643. The Balaban J connectivity index is 1.99. The molecule has 1 nitrogen and oxygen atoms in total. The smallest absolute Gasteiger partial charge is 0.0725 e. The molecule has 1 unspecified atom stereocenters. The van der Waals surface area contributed by atoms with E-state index in [4.69, 9.17) is 4.74 Å². The standard InChI is InChI=1S/C16H14Br2O/c1-10-2-5-15(17)14(6-10)16(18)11-3-4-12-8-19-9-13(12)7-11/h2-7,16H,8-9H2,1H3. The number of ether oxygens (including phenoxy) is 1. The van der Waals surface area contributed by atoms with Gasteiger partial charge in [-0.25, -0.2) is 0 Å². The van der Waals surface area contributed by atoms with Gasteiger partial charge in [-0.2, -0.15) is 0 Å². The number of hydrogen-bond acceptors (Lipinski definition) is 1. The lowest BCUT2D eigenvalue weighted by atomic mass is 9.99. The zero-order valence-electron chi connectivity index (χ0n) is 10.6. The van der Waals surface area contributed by atoms with Crippen LogP contribution in [0.5, 0.6) is 0 Å². The van der Waals surface area contributed by atoms with E-state index in [1.165, 1.54) is 27.8 Å². The molecular formula is C16H14Br2O. The lowest BCUT2D eigenvalue weighted by Gasteiger charge is -2.14. The molecule has 1 aliphatic rings. The largest absolute Gasteiger partial charge is 0.372 e. The van der Waals surface area contributed by atoms with Crippen LogP contribution >= 0.6 is 31.9 Å². The summed E-state index contributed by atoms with van der Waals surface area (Å²) in [7, 11) is 0. The van der Waals surface area contributed by atoms with Crippen molar-refractivity contribution in [3.05, 3.63) is 68.7 Å². The number of aryl methyl sites for hydroxylation is 1. The predicted molar refractivity (Wildman–Crippen MR) is 84.6 cm³/mol. The maximum atomic E-state index is 5.47. The minimum atomic E-state index is 0.202. The zero-order valence-corrected chi connectivity index (χ0v) is 13.8. The molecule has 1 atom stereocenters. The molecule has 0 bridgehead atoms. The Bertz CT molecular complexity index is 622. The summed E-state index contributed by atoms with van der Waals surface area (Å²) in [4.78, 5) is 0.202. The van der Waals surface area contributed by atoms with Crippen LogP contribution in [-0.4, -0.2) is 0 Å². The summed E-state index contributed by atoms with van der Waals surface area (Å²) in [6, 6.07) is 13.0. The second-order valence-corrected chi connectivity index (χ2v) is 6.68. The molecule has 0 radical (unpaired) electrons. The number of alkyl halides is 1. The minimum absolute atomic E-state index is 0.202. The first-order chi connectivity index (χ1) is 9.15. The fourth-order valence-corrected chi connectivity index (χ4v) is 3.83. The highest BCUT2D eigenvalue weighted by Crippen LogP contribution is 2.37. The van der Waals surface area contributed by atoms with Crippen molar-refractivity contribution in [2.75, 3.05) is 0 Å². The van der Waals surface area contributed by atoms with Crippen molar-refractivity contribution in [3.63, 3.8) is 0 Å². The average molecular weight is 382 g/mol. The Hall–Kier alpha value is -0.640. The predicted octanol–water partition coefficient (Wildman–Crippen LogP) is 5.27. The molecule has 1 aliphatic heterocycles. The van der Waals surface area contributed by atoms with Crippen LogP contribution in [0.2, 0.25) is 0 Å². The lowest BCUT2D eigenvalue weighted by molar-refractivity contribution is 0.134. The summed E-state index contributed by atoms with van der Waals surface area (Å²) in [6.45, 7) is 3.60. The molecule has 0 amide bonds. The van der Waals surface area contributed by atoms with Gasteiger partial charge >= 0.3 is 0 Å². The van der Waals surface area contributed by atoms with E-state index in [1.54, 1.807) is 0 Å². The lowest BCUT2D eigenvalue weighted by Crippen LogP contribution is -1.96. The van der Waals surface area contributed by atoms with Crippen LogP contribution in [0, 0.1) is 6.92 Å². The van der Waals surface area contributed by atoms with E-state index in [1.807, 2.05) is 0 Å². The third-order valence-corrected chi connectivity index (χ3v) is 5.21. The van der Waals surface area contributed by atoms with Gasteiger partial charge in [-0.15, -0.1) is 0 Å². The Morgan fingerprint density at radius 3 is 2.68 bits per heavy atom. The molecule has 1 heterocycles. The van der Waals surface area contributed by atoms with E-state index in [2.05, 4.69) is 75.2 Å². The Morgan fingerprint density at radius 2 is 1.84 bits per heavy atom. The van der Waals surface area contributed by atoms with Crippen LogP contribution in [0.1, 0.15) is 32.6 Å². The highest BCUT2D eigenvalue weighted by atomic mass is 79.9. The number of halogens is 2. The molecule has 0 aromatic heterocycles. The molecule has 3 rings (SSSR count). The fraction of sp³-hybridized carbons (Fsp3) is 0.250. The highest BCUT2D eigenvalue weighted by molar-refractivity contribution is 9.11. The summed E-state index contributed by atoms with van der Waals surface area (Å²) in [5, 5.41) is 0. The number of hydrogen-bond donors (Lipinski definition) is 0. The summed E-state index contributed by atoms with van der Waals surface area (Å²) >= 11 is 7.45. The van der Waals surface area contributed by atoms with Gasteiger partial charge in [-0.05, 0) is 35.2 Å². The van der Waals surface area contributed by atoms with Crippen molar-refractivity contribution in [3.8, 4) is 0 Å². The monoisotopic (exact) mass is 380 g/mol. The van der Waals surface area contributed by atoms with E-state index < -0.39 is 0 Å². The second kappa shape index (κ2) is 5.39. The third-order valence-electron chi connectivity index (χ3n) is 3.46. The maximum Gasteiger partial charge on any atom is 0.0725 e. The van der Waals surface area contributed by atoms with Crippen LogP contribution in [0.3, 0.4) is 0 Å². The van der Waals surface area contributed by atoms with Crippen molar-refractivity contribution in [2.45, 2.75) is 25.0 Å². The molecule has 2 aromatic carbocycles. The van der Waals surface area contributed by atoms with Gasteiger partial charge in [0.05, 0.1) is 18.0 Å².